The van der Waals surface area contributed by atoms with Gasteiger partial charge >= 0.3 is 0 Å². The fraction of sp³-hybridized carbons (Fsp3) is 0.933. The summed E-state index contributed by atoms with van der Waals surface area (Å²) in [5.74, 6) is 0.745. The van der Waals surface area contributed by atoms with Crippen molar-refractivity contribution in [1.82, 2.24) is 9.80 Å². The predicted octanol–water partition coefficient (Wildman–Crippen LogP) is 1.55. The summed E-state index contributed by atoms with van der Waals surface area (Å²) in [6.07, 6.45) is 3.24. The van der Waals surface area contributed by atoms with Gasteiger partial charge in [-0.2, -0.15) is 0 Å². The number of hydrogen-bond acceptors (Lipinski definition) is 3. The minimum Gasteiger partial charge on any atom is -0.339 e. The maximum atomic E-state index is 12.7. The summed E-state index contributed by atoms with van der Waals surface area (Å²) < 4.78 is 0. The van der Waals surface area contributed by atoms with Crippen molar-refractivity contribution in [1.29, 1.82) is 0 Å². The number of amides is 1. The third-order valence-electron chi connectivity index (χ3n) is 4.40. The number of nitrogens with two attached hydrogens (primary N) is 1. The van der Waals surface area contributed by atoms with Crippen LogP contribution in [0.1, 0.15) is 40.0 Å². The molecule has 1 aliphatic carbocycles. The van der Waals surface area contributed by atoms with E-state index in [1.165, 1.54) is 0 Å². The second-order valence-corrected chi connectivity index (χ2v) is 6.33. The second-order valence-electron chi connectivity index (χ2n) is 6.33. The van der Waals surface area contributed by atoms with Crippen LogP contribution in [-0.4, -0.2) is 55.0 Å². The fourth-order valence-corrected chi connectivity index (χ4v) is 3.25. The van der Waals surface area contributed by atoms with Crippen molar-refractivity contribution in [3.63, 3.8) is 0 Å². The zero-order valence-electron chi connectivity index (χ0n) is 13.2. The Balaban J connectivity index is 2.72. The molecule has 1 fully saturated rings. The molecule has 19 heavy (non-hydrogen) atoms. The summed E-state index contributed by atoms with van der Waals surface area (Å²) >= 11 is 0. The predicted molar refractivity (Wildman–Crippen MR) is 79.9 cm³/mol. The Hall–Kier alpha value is -0.610. The summed E-state index contributed by atoms with van der Waals surface area (Å²) in [5, 5.41) is 0. The van der Waals surface area contributed by atoms with Gasteiger partial charge in [-0.05, 0) is 46.7 Å². The van der Waals surface area contributed by atoms with Crippen LogP contribution in [-0.2, 0) is 4.79 Å². The van der Waals surface area contributed by atoms with Gasteiger partial charge in [-0.1, -0.05) is 13.3 Å². The topological polar surface area (TPSA) is 49.6 Å². The smallest absolute Gasteiger partial charge is 0.227 e. The SMILES string of the molecule is CCN(C(=O)C1CCCC(C)C1N)C(C)CN(C)C. The fourth-order valence-electron chi connectivity index (χ4n) is 3.25. The lowest BCUT2D eigenvalue weighted by Crippen LogP contribution is -2.52. The highest BCUT2D eigenvalue weighted by Crippen LogP contribution is 2.29. The minimum absolute atomic E-state index is 0.0216. The third-order valence-corrected chi connectivity index (χ3v) is 4.40. The lowest BCUT2D eigenvalue weighted by atomic mass is 9.77. The van der Waals surface area contributed by atoms with Crippen LogP contribution in [0.5, 0.6) is 0 Å². The molecule has 2 N–H and O–H groups in total. The van der Waals surface area contributed by atoms with Gasteiger partial charge in [0.1, 0.15) is 0 Å². The third kappa shape index (κ3) is 4.18. The minimum atomic E-state index is 0.0216. The standard InChI is InChI=1S/C15H31N3O/c1-6-18(12(3)10-17(4)5)15(19)13-9-7-8-11(2)14(13)16/h11-14H,6-10,16H2,1-5H3. The van der Waals surface area contributed by atoms with Crippen molar-refractivity contribution < 1.29 is 4.79 Å². The average Bonchev–Trinajstić information content (AvgIpc) is 2.32. The molecule has 112 valence electrons. The molecule has 4 unspecified atom stereocenters. The molecule has 0 aromatic rings. The van der Waals surface area contributed by atoms with Crippen LogP contribution in [0.25, 0.3) is 0 Å². The van der Waals surface area contributed by atoms with Crippen LogP contribution in [0.15, 0.2) is 0 Å². The molecule has 0 heterocycles. The first kappa shape index (κ1) is 16.4. The van der Waals surface area contributed by atoms with Crippen LogP contribution in [0.3, 0.4) is 0 Å². The highest BCUT2D eigenvalue weighted by Gasteiger charge is 2.36. The first-order valence-electron chi connectivity index (χ1n) is 7.59. The summed E-state index contributed by atoms with van der Waals surface area (Å²) in [6.45, 7) is 8.02. The normalized spacial score (nSPS) is 29.3. The van der Waals surface area contributed by atoms with Crippen molar-refractivity contribution >= 4 is 5.91 Å². The maximum Gasteiger partial charge on any atom is 0.227 e. The molecule has 4 atom stereocenters. The molecule has 0 radical (unpaired) electrons. The summed E-state index contributed by atoms with van der Waals surface area (Å²) in [5.41, 5.74) is 6.26. The van der Waals surface area contributed by atoms with Gasteiger partial charge in [0.15, 0.2) is 0 Å². The van der Waals surface area contributed by atoms with Crippen LogP contribution in [0, 0.1) is 11.8 Å². The molecule has 1 saturated carbocycles. The number of hydrogen-bond donors (Lipinski definition) is 1. The Labute approximate surface area is 118 Å². The number of nitrogens with zero attached hydrogens (tertiary/aromatic N) is 2. The van der Waals surface area contributed by atoms with Gasteiger partial charge in [-0.3, -0.25) is 4.79 Å². The molecular formula is C15H31N3O. The molecule has 1 rings (SSSR count). The molecule has 0 bridgehead atoms. The van der Waals surface area contributed by atoms with E-state index in [-0.39, 0.29) is 23.9 Å². The first-order chi connectivity index (χ1) is 8.88. The van der Waals surface area contributed by atoms with Crippen molar-refractivity contribution in [2.75, 3.05) is 27.2 Å². The van der Waals surface area contributed by atoms with Gasteiger partial charge in [0, 0.05) is 25.2 Å². The van der Waals surface area contributed by atoms with E-state index in [1.54, 1.807) is 0 Å². The maximum absolute atomic E-state index is 12.7. The van der Waals surface area contributed by atoms with Gasteiger partial charge in [0.2, 0.25) is 5.91 Å². The molecule has 0 spiro atoms. The Kier molecular flexibility index (Phi) is 6.27. The second kappa shape index (κ2) is 7.25. The summed E-state index contributed by atoms with van der Waals surface area (Å²) in [7, 11) is 4.09. The van der Waals surface area contributed by atoms with Crippen molar-refractivity contribution in [2.45, 2.75) is 52.1 Å². The van der Waals surface area contributed by atoms with Crippen molar-refractivity contribution in [3.05, 3.63) is 0 Å². The quantitative estimate of drug-likeness (QED) is 0.824. The van der Waals surface area contributed by atoms with E-state index in [9.17, 15) is 4.79 Å². The van der Waals surface area contributed by atoms with Gasteiger partial charge in [-0.15, -0.1) is 0 Å². The largest absolute Gasteiger partial charge is 0.339 e. The van der Waals surface area contributed by atoms with E-state index in [1.807, 2.05) is 19.0 Å². The van der Waals surface area contributed by atoms with Crippen LogP contribution < -0.4 is 5.73 Å². The average molecular weight is 269 g/mol. The lowest BCUT2D eigenvalue weighted by molar-refractivity contribution is -0.139. The highest BCUT2D eigenvalue weighted by atomic mass is 16.2. The Morgan fingerprint density at radius 2 is 2.00 bits per heavy atom. The van der Waals surface area contributed by atoms with Crippen molar-refractivity contribution in [2.24, 2.45) is 17.6 Å². The van der Waals surface area contributed by atoms with Crippen molar-refractivity contribution in [3.8, 4) is 0 Å². The Bertz CT molecular complexity index is 293. The van der Waals surface area contributed by atoms with E-state index in [4.69, 9.17) is 5.73 Å². The molecule has 0 aromatic carbocycles. The molecular weight excluding hydrogens is 238 g/mol. The van der Waals surface area contributed by atoms with Crippen LogP contribution in [0.2, 0.25) is 0 Å². The molecule has 4 heteroatoms. The summed E-state index contributed by atoms with van der Waals surface area (Å²) in [6, 6.07) is 0.277. The highest BCUT2D eigenvalue weighted by molar-refractivity contribution is 5.80. The molecule has 0 aliphatic heterocycles. The Morgan fingerprint density at radius 3 is 2.53 bits per heavy atom. The van der Waals surface area contributed by atoms with Gasteiger partial charge in [0.25, 0.3) is 0 Å². The van der Waals surface area contributed by atoms with Gasteiger partial charge < -0.3 is 15.5 Å². The zero-order valence-corrected chi connectivity index (χ0v) is 13.2. The monoisotopic (exact) mass is 269 g/mol. The first-order valence-corrected chi connectivity index (χ1v) is 7.59. The Morgan fingerprint density at radius 1 is 1.37 bits per heavy atom. The van der Waals surface area contributed by atoms with E-state index in [0.29, 0.717) is 5.92 Å². The van der Waals surface area contributed by atoms with Gasteiger partial charge in [0.05, 0.1) is 5.92 Å². The molecule has 1 aliphatic rings. The van der Waals surface area contributed by atoms with Crippen LogP contribution >= 0.6 is 0 Å². The molecule has 0 aromatic heterocycles. The number of likely N-dealkylation sites (N-methyl/N-ethyl adjacent to an activating group) is 2. The van der Waals surface area contributed by atoms with E-state index in [0.717, 1.165) is 32.4 Å². The van der Waals surface area contributed by atoms with E-state index in [2.05, 4.69) is 25.7 Å². The molecule has 0 saturated heterocycles. The number of rotatable bonds is 5. The van der Waals surface area contributed by atoms with E-state index >= 15 is 0 Å². The number of carbonyl (C=O) groups excluding carboxylic acids is 1. The van der Waals surface area contributed by atoms with E-state index < -0.39 is 0 Å². The molecule has 1 amide bonds. The number of carbonyl (C=O) groups is 1. The summed E-state index contributed by atoms with van der Waals surface area (Å²) in [4.78, 5) is 16.9. The zero-order chi connectivity index (χ0) is 14.6. The molecule has 4 nitrogen and oxygen atoms in total. The lowest BCUT2D eigenvalue weighted by Gasteiger charge is -2.38. The van der Waals surface area contributed by atoms with Crippen LogP contribution in [0.4, 0.5) is 0 Å². The van der Waals surface area contributed by atoms with Gasteiger partial charge in [-0.25, -0.2) is 0 Å².